The van der Waals surface area contributed by atoms with Crippen molar-refractivity contribution in [1.82, 2.24) is 9.55 Å². The van der Waals surface area contributed by atoms with Gasteiger partial charge in [0, 0.05) is 23.2 Å². The van der Waals surface area contributed by atoms with E-state index in [4.69, 9.17) is 4.98 Å². The molecule has 0 atom stereocenters. The van der Waals surface area contributed by atoms with Gasteiger partial charge in [-0.25, -0.2) is 4.98 Å². The van der Waals surface area contributed by atoms with E-state index in [0.717, 1.165) is 57.1 Å². The maximum Gasteiger partial charge on any atom is 0.307 e. The SMILES string of the molecule is CCn1c(-c2ccccc2-c2cccc(CC(=O)O)c2)nc(-c2ccccc2)c1-c1ccccc1. The predicted octanol–water partition coefficient (Wildman–Crippen LogP) is 7.20. The number of carbonyl (C=O) groups is 1. The standard InChI is InChI=1S/C31H26N2O2/c1-2-33-30(24-15-7-4-8-16-24)29(23-13-5-3-6-14-23)32-31(33)27-19-10-9-18-26(27)25-17-11-12-22(20-25)21-28(34)35/h3-20H,2,21H2,1H3,(H,34,35). The zero-order chi connectivity index (χ0) is 24.2. The molecular weight excluding hydrogens is 432 g/mol. The lowest BCUT2D eigenvalue weighted by molar-refractivity contribution is -0.136. The number of carboxylic acid groups (broad SMARTS) is 1. The molecule has 1 N–H and O–H groups in total. The van der Waals surface area contributed by atoms with Crippen LogP contribution in [0.25, 0.3) is 45.0 Å². The minimum Gasteiger partial charge on any atom is -0.481 e. The molecule has 1 aromatic heterocycles. The van der Waals surface area contributed by atoms with Crippen LogP contribution < -0.4 is 0 Å². The quantitative estimate of drug-likeness (QED) is 0.281. The van der Waals surface area contributed by atoms with Crippen molar-refractivity contribution in [1.29, 1.82) is 0 Å². The molecule has 0 bridgehead atoms. The zero-order valence-electron chi connectivity index (χ0n) is 19.6. The minimum absolute atomic E-state index is 0.00406. The Balaban J connectivity index is 1.74. The Morgan fingerprint density at radius 3 is 2.00 bits per heavy atom. The lowest BCUT2D eigenvalue weighted by atomic mass is 9.97. The second kappa shape index (κ2) is 9.82. The Bertz CT molecular complexity index is 1470. The summed E-state index contributed by atoms with van der Waals surface area (Å²) in [4.78, 5) is 16.5. The molecule has 172 valence electrons. The second-order valence-corrected chi connectivity index (χ2v) is 8.43. The molecule has 0 aliphatic rings. The summed E-state index contributed by atoms with van der Waals surface area (Å²) in [5.74, 6) is 0.0569. The van der Waals surface area contributed by atoms with E-state index in [9.17, 15) is 9.90 Å². The Morgan fingerprint density at radius 2 is 1.34 bits per heavy atom. The molecule has 1 heterocycles. The van der Waals surface area contributed by atoms with Crippen molar-refractivity contribution < 1.29 is 9.90 Å². The summed E-state index contributed by atoms with van der Waals surface area (Å²) in [6, 6.07) is 36.6. The number of aromatic nitrogens is 2. The van der Waals surface area contributed by atoms with Gasteiger partial charge in [0.15, 0.2) is 0 Å². The van der Waals surface area contributed by atoms with Gasteiger partial charge in [-0.2, -0.15) is 0 Å². The minimum atomic E-state index is -0.836. The first kappa shape index (κ1) is 22.4. The van der Waals surface area contributed by atoms with Gasteiger partial charge in [0.25, 0.3) is 0 Å². The molecule has 0 saturated heterocycles. The molecule has 0 aliphatic heterocycles. The molecule has 4 nitrogen and oxygen atoms in total. The number of hydrogen-bond donors (Lipinski definition) is 1. The maximum atomic E-state index is 11.3. The molecular formula is C31H26N2O2. The Morgan fingerprint density at radius 1 is 0.743 bits per heavy atom. The van der Waals surface area contributed by atoms with Crippen LogP contribution in [-0.4, -0.2) is 20.6 Å². The molecule has 0 spiro atoms. The Hall–Kier alpha value is -4.44. The smallest absolute Gasteiger partial charge is 0.307 e. The fourth-order valence-corrected chi connectivity index (χ4v) is 4.61. The molecule has 35 heavy (non-hydrogen) atoms. The monoisotopic (exact) mass is 458 g/mol. The fourth-order valence-electron chi connectivity index (χ4n) is 4.61. The maximum absolute atomic E-state index is 11.3. The molecule has 4 aromatic carbocycles. The summed E-state index contributed by atoms with van der Waals surface area (Å²) in [7, 11) is 0. The van der Waals surface area contributed by atoms with E-state index in [2.05, 4.69) is 60.0 Å². The van der Waals surface area contributed by atoms with Crippen molar-refractivity contribution in [2.75, 3.05) is 0 Å². The van der Waals surface area contributed by atoms with Gasteiger partial charge in [-0.3, -0.25) is 4.79 Å². The largest absolute Gasteiger partial charge is 0.481 e. The third-order valence-electron chi connectivity index (χ3n) is 6.14. The van der Waals surface area contributed by atoms with Crippen LogP contribution in [0.2, 0.25) is 0 Å². The van der Waals surface area contributed by atoms with E-state index in [1.807, 2.05) is 60.7 Å². The summed E-state index contributed by atoms with van der Waals surface area (Å²) < 4.78 is 2.28. The van der Waals surface area contributed by atoms with Crippen LogP contribution >= 0.6 is 0 Å². The summed E-state index contributed by atoms with van der Waals surface area (Å²) >= 11 is 0. The van der Waals surface area contributed by atoms with Crippen molar-refractivity contribution >= 4 is 5.97 Å². The van der Waals surface area contributed by atoms with E-state index < -0.39 is 5.97 Å². The zero-order valence-corrected chi connectivity index (χ0v) is 19.6. The second-order valence-electron chi connectivity index (χ2n) is 8.43. The highest BCUT2D eigenvalue weighted by molar-refractivity contribution is 5.87. The molecule has 0 amide bonds. The number of aliphatic carboxylic acids is 1. The Labute approximate surface area is 205 Å². The van der Waals surface area contributed by atoms with Gasteiger partial charge in [-0.05, 0) is 23.6 Å². The number of benzene rings is 4. The summed E-state index contributed by atoms with van der Waals surface area (Å²) in [6.07, 6.45) is -0.00406. The van der Waals surface area contributed by atoms with E-state index in [1.54, 1.807) is 0 Å². The Kier molecular flexibility index (Phi) is 6.27. The molecule has 0 radical (unpaired) electrons. The normalized spacial score (nSPS) is 10.9. The van der Waals surface area contributed by atoms with Crippen LogP contribution in [0, 0.1) is 0 Å². The average Bonchev–Trinajstić information content (AvgIpc) is 3.29. The van der Waals surface area contributed by atoms with Gasteiger partial charge in [0.05, 0.1) is 17.8 Å². The van der Waals surface area contributed by atoms with Crippen LogP contribution in [0.4, 0.5) is 0 Å². The topological polar surface area (TPSA) is 55.1 Å². The van der Waals surface area contributed by atoms with Gasteiger partial charge < -0.3 is 9.67 Å². The number of rotatable bonds is 7. The summed E-state index contributed by atoms with van der Waals surface area (Å²) in [6.45, 7) is 2.90. The van der Waals surface area contributed by atoms with Crippen LogP contribution in [0.15, 0.2) is 109 Å². The first-order valence-electron chi connectivity index (χ1n) is 11.8. The highest BCUT2D eigenvalue weighted by Gasteiger charge is 2.22. The van der Waals surface area contributed by atoms with Gasteiger partial charge >= 0.3 is 5.97 Å². The third-order valence-corrected chi connectivity index (χ3v) is 6.14. The molecule has 0 unspecified atom stereocenters. The number of hydrogen-bond acceptors (Lipinski definition) is 2. The first-order valence-corrected chi connectivity index (χ1v) is 11.8. The van der Waals surface area contributed by atoms with Crippen molar-refractivity contribution in [2.45, 2.75) is 19.9 Å². The lowest BCUT2D eigenvalue weighted by Gasteiger charge is -2.14. The van der Waals surface area contributed by atoms with Crippen molar-refractivity contribution in [3.05, 3.63) is 115 Å². The fraction of sp³-hybridized carbons (Fsp3) is 0.0968. The van der Waals surface area contributed by atoms with Gasteiger partial charge in [0.2, 0.25) is 0 Å². The highest BCUT2D eigenvalue weighted by Crippen LogP contribution is 2.39. The van der Waals surface area contributed by atoms with Crippen molar-refractivity contribution in [3.8, 4) is 45.0 Å². The summed E-state index contributed by atoms with van der Waals surface area (Å²) in [5, 5.41) is 9.27. The predicted molar refractivity (Wildman–Crippen MR) is 141 cm³/mol. The van der Waals surface area contributed by atoms with Crippen LogP contribution in [0.5, 0.6) is 0 Å². The van der Waals surface area contributed by atoms with E-state index in [1.165, 1.54) is 0 Å². The first-order chi connectivity index (χ1) is 17.2. The third kappa shape index (κ3) is 4.51. The van der Waals surface area contributed by atoms with Crippen LogP contribution in [-0.2, 0) is 17.8 Å². The van der Waals surface area contributed by atoms with E-state index >= 15 is 0 Å². The van der Waals surface area contributed by atoms with Gasteiger partial charge in [-0.15, -0.1) is 0 Å². The molecule has 4 heteroatoms. The van der Waals surface area contributed by atoms with E-state index in [0.29, 0.717) is 0 Å². The molecule has 0 fully saturated rings. The average molecular weight is 459 g/mol. The molecule has 0 aliphatic carbocycles. The van der Waals surface area contributed by atoms with Gasteiger partial charge in [0.1, 0.15) is 5.82 Å². The number of imidazole rings is 1. The van der Waals surface area contributed by atoms with E-state index in [-0.39, 0.29) is 6.42 Å². The molecule has 5 rings (SSSR count). The van der Waals surface area contributed by atoms with Crippen molar-refractivity contribution in [2.24, 2.45) is 0 Å². The molecule has 0 saturated carbocycles. The van der Waals surface area contributed by atoms with Crippen LogP contribution in [0.3, 0.4) is 0 Å². The van der Waals surface area contributed by atoms with Gasteiger partial charge in [-0.1, -0.05) is 109 Å². The summed E-state index contributed by atoms with van der Waals surface area (Å²) in [5.41, 5.74) is 8.02. The van der Waals surface area contributed by atoms with Crippen molar-refractivity contribution in [3.63, 3.8) is 0 Å². The molecule has 5 aromatic rings. The van der Waals surface area contributed by atoms with Crippen LogP contribution in [0.1, 0.15) is 12.5 Å². The highest BCUT2D eigenvalue weighted by atomic mass is 16.4. The lowest BCUT2D eigenvalue weighted by Crippen LogP contribution is -2.02. The number of carboxylic acids is 1. The number of nitrogens with zero attached hydrogens (tertiary/aromatic N) is 2.